The van der Waals surface area contributed by atoms with Crippen LogP contribution in [-0.2, 0) is 18.4 Å². The van der Waals surface area contributed by atoms with E-state index in [9.17, 15) is 0 Å². The predicted octanol–water partition coefficient (Wildman–Crippen LogP) is 2.85. The number of nitrogens with zero attached hydrogens (tertiary/aromatic N) is 4. The van der Waals surface area contributed by atoms with Crippen molar-refractivity contribution >= 4 is 11.0 Å². The number of hydrogen-bond donors (Lipinski definition) is 0. The minimum absolute atomic E-state index is 0.0191. The van der Waals surface area contributed by atoms with Crippen LogP contribution in [-0.4, -0.2) is 40.1 Å². The fourth-order valence-electron chi connectivity index (χ4n) is 2.22. The average Bonchev–Trinajstić information content (AvgIpc) is 2.77. The number of rotatable bonds is 4. The van der Waals surface area contributed by atoms with Crippen LogP contribution >= 0.6 is 0 Å². The van der Waals surface area contributed by atoms with E-state index in [1.807, 2.05) is 0 Å². The molecule has 0 aliphatic heterocycles. The zero-order chi connectivity index (χ0) is 14.9. The van der Waals surface area contributed by atoms with Gasteiger partial charge in [0.05, 0.1) is 5.69 Å². The van der Waals surface area contributed by atoms with Gasteiger partial charge in [0.25, 0.3) is 0 Å². The monoisotopic (exact) mass is 274 g/mol. The van der Waals surface area contributed by atoms with Crippen molar-refractivity contribution in [1.29, 1.82) is 0 Å². The van der Waals surface area contributed by atoms with Crippen LogP contribution in [0.5, 0.6) is 0 Å². The summed E-state index contributed by atoms with van der Waals surface area (Å²) in [7, 11) is 4.19. The molecule has 2 heterocycles. The molecule has 0 saturated carbocycles. The van der Waals surface area contributed by atoms with Crippen molar-refractivity contribution in [3.63, 3.8) is 0 Å². The summed E-state index contributed by atoms with van der Waals surface area (Å²) >= 11 is 0. The third-order valence-corrected chi connectivity index (χ3v) is 3.49. The van der Waals surface area contributed by atoms with Crippen molar-refractivity contribution in [3.05, 3.63) is 23.8 Å². The lowest BCUT2D eigenvalue weighted by Gasteiger charge is -2.18. The van der Waals surface area contributed by atoms with Gasteiger partial charge in [-0.25, -0.2) is 9.97 Å². The van der Waals surface area contributed by atoms with Crippen LogP contribution in [0.4, 0.5) is 0 Å². The number of hydrogen-bond acceptors (Lipinski definition) is 3. The van der Waals surface area contributed by atoms with Crippen molar-refractivity contribution in [1.82, 2.24) is 19.4 Å². The molecule has 2 aromatic rings. The van der Waals surface area contributed by atoms with Crippen molar-refractivity contribution in [2.24, 2.45) is 0 Å². The minimum Gasteiger partial charge on any atom is -0.331 e. The van der Waals surface area contributed by atoms with E-state index >= 15 is 0 Å². The van der Waals surface area contributed by atoms with Gasteiger partial charge in [0.15, 0.2) is 0 Å². The largest absolute Gasteiger partial charge is 0.331 e. The van der Waals surface area contributed by atoms with E-state index < -0.39 is 0 Å². The molecular weight excluding hydrogens is 248 g/mol. The van der Waals surface area contributed by atoms with Gasteiger partial charge in [-0.3, -0.25) is 0 Å². The van der Waals surface area contributed by atoms with E-state index in [0.717, 1.165) is 36.7 Å². The van der Waals surface area contributed by atoms with Crippen molar-refractivity contribution in [3.8, 4) is 0 Å². The summed E-state index contributed by atoms with van der Waals surface area (Å²) in [4.78, 5) is 11.8. The lowest BCUT2D eigenvalue weighted by atomic mass is 9.95. The third kappa shape index (κ3) is 3.01. The predicted molar refractivity (Wildman–Crippen MR) is 84.2 cm³/mol. The molecule has 0 aliphatic carbocycles. The van der Waals surface area contributed by atoms with Crippen LogP contribution in [0.1, 0.15) is 39.2 Å². The van der Waals surface area contributed by atoms with Crippen LogP contribution in [0.3, 0.4) is 0 Å². The first-order valence-electron chi connectivity index (χ1n) is 7.34. The molecule has 0 bridgehead atoms. The third-order valence-electron chi connectivity index (χ3n) is 3.49. The van der Waals surface area contributed by atoms with Gasteiger partial charge in [0.1, 0.15) is 11.5 Å². The number of aryl methyl sites for hydroxylation is 1. The summed E-state index contributed by atoms with van der Waals surface area (Å²) in [5, 5.41) is 1.19. The maximum atomic E-state index is 4.83. The van der Waals surface area contributed by atoms with E-state index in [1.54, 1.807) is 0 Å². The summed E-state index contributed by atoms with van der Waals surface area (Å²) < 4.78 is 2.24. The lowest BCUT2D eigenvalue weighted by Crippen LogP contribution is -2.20. The van der Waals surface area contributed by atoms with Gasteiger partial charge in [-0.15, -0.1) is 0 Å². The van der Waals surface area contributed by atoms with Gasteiger partial charge in [-0.05, 0) is 26.6 Å². The molecule has 4 nitrogen and oxygen atoms in total. The van der Waals surface area contributed by atoms with E-state index in [1.165, 1.54) is 5.39 Å². The highest BCUT2D eigenvalue weighted by molar-refractivity contribution is 5.79. The molecule has 0 saturated heterocycles. The second-order valence-corrected chi connectivity index (χ2v) is 6.65. The molecule has 2 rings (SSSR count). The first-order chi connectivity index (χ1) is 9.32. The van der Waals surface area contributed by atoms with Gasteiger partial charge < -0.3 is 9.47 Å². The molecule has 0 radical (unpaired) electrons. The Kier molecular flexibility index (Phi) is 4.14. The fraction of sp³-hybridized carbons (Fsp3) is 0.625. The molecule has 20 heavy (non-hydrogen) atoms. The standard InChI is InChI=1S/C16H26N4/c1-7-13-12-8-9-20(11-10-19(5)6)14(12)18-15(17-13)16(2,3)4/h8-9H,7,10-11H2,1-6H3. The Balaban J connectivity index is 2.52. The molecule has 2 aromatic heterocycles. The summed E-state index contributed by atoms with van der Waals surface area (Å²) in [5.74, 6) is 0.937. The molecule has 0 fully saturated rings. The summed E-state index contributed by atoms with van der Waals surface area (Å²) in [5.41, 5.74) is 2.21. The van der Waals surface area contributed by atoms with Crippen LogP contribution in [0.25, 0.3) is 11.0 Å². The Hall–Kier alpha value is -1.42. The van der Waals surface area contributed by atoms with E-state index in [2.05, 4.69) is 63.5 Å². The first-order valence-corrected chi connectivity index (χ1v) is 7.34. The lowest BCUT2D eigenvalue weighted by molar-refractivity contribution is 0.386. The topological polar surface area (TPSA) is 34.0 Å². The van der Waals surface area contributed by atoms with Gasteiger partial charge in [0.2, 0.25) is 0 Å². The normalized spacial score (nSPS) is 12.6. The molecule has 0 amide bonds. The molecule has 0 aromatic carbocycles. The minimum atomic E-state index is -0.0191. The van der Waals surface area contributed by atoms with Crippen molar-refractivity contribution in [2.75, 3.05) is 20.6 Å². The number of aromatic nitrogens is 3. The Morgan fingerprint density at radius 2 is 1.90 bits per heavy atom. The van der Waals surface area contributed by atoms with E-state index in [0.29, 0.717) is 0 Å². The summed E-state index contributed by atoms with van der Waals surface area (Å²) in [6.07, 6.45) is 3.08. The van der Waals surface area contributed by atoms with Gasteiger partial charge in [0, 0.05) is 30.1 Å². The highest BCUT2D eigenvalue weighted by atomic mass is 15.1. The average molecular weight is 274 g/mol. The van der Waals surface area contributed by atoms with Crippen LogP contribution < -0.4 is 0 Å². The van der Waals surface area contributed by atoms with Gasteiger partial charge in [-0.2, -0.15) is 0 Å². The van der Waals surface area contributed by atoms with Crippen LogP contribution in [0.2, 0.25) is 0 Å². The summed E-state index contributed by atoms with van der Waals surface area (Å²) in [6.45, 7) is 10.6. The smallest absolute Gasteiger partial charge is 0.143 e. The number of likely N-dealkylation sites (N-methyl/N-ethyl adjacent to an activating group) is 1. The second kappa shape index (κ2) is 5.52. The van der Waals surface area contributed by atoms with Crippen molar-refractivity contribution in [2.45, 2.75) is 46.1 Å². The molecule has 0 atom stereocenters. The second-order valence-electron chi connectivity index (χ2n) is 6.65. The Labute approximate surface area is 121 Å². The zero-order valence-corrected chi connectivity index (χ0v) is 13.6. The number of fused-ring (bicyclic) bond motifs is 1. The molecule has 0 N–H and O–H groups in total. The Bertz CT molecular complexity index is 590. The van der Waals surface area contributed by atoms with E-state index in [-0.39, 0.29) is 5.41 Å². The summed E-state index contributed by atoms with van der Waals surface area (Å²) in [6, 6.07) is 2.15. The van der Waals surface area contributed by atoms with Crippen molar-refractivity contribution < 1.29 is 0 Å². The molecule has 0 aliphatic rings. The van der Waals surface area contributed by atoms with Crippen LogP contribution in [0, 0.1) is 0 Å². The Morgan fingerprint density at radius 1 is 1.20 bits per heavy atom. The molecule has 110 valence electrons. The maximum absolute atomic E-state index is 4.83. The molecular formula is C16H26N4. The molecule has 0 spiro atoms. The van der Waals surface area contributed by atoms with Gasteiger partial charge in [-0.1, -0.05) is 27.7 Å². The molecule has 0 unspecified atom stereocenters. The quantitative estimate of drug-likeness (QED) is 0.859. The SMILES string of the molecule is CCc1nc(C(C)(C)C)nc2c1ccn2CCN(C)C. The molecule has 4 heteroatoms. The first kappa shape index (κ1) is 15.0. The zero-order valence-electron chi connectivity index (χ0n) is 13.6. The van der Waals surface area contributed by atoms with Crippen LogP contribution in [0.15, 0.2) is 12.3 Å². The van der Waals surface area contributed by atoms with E-state index in [4.69, 9.17) is 9.97 Å². The fourth-order valence-corrected chi connectivity index (χ4v) is 2.22. The highest BCUT2D eigenvalue weighted by Gasteiger charge is 2.20. The maximum Gasteiger partial charge on any atom is 0.143 e. The van der Waals surface area contributed by atoms with Gasteiger partial charge >= 0.3 is 0 Å². The highest BCUT2D eigenvalue weighted by Crippen LogP contribution is 2.24. The Morgan fingerprint density at radius 3 is 2.45 bits per heavy atom.